The van der Waals surface area contributed by atoms with Crippen molar-refractivity contribution in [1.29, 1.82) is 0 Å². The number of nitrogens with one attached hydrogen (secondary N) is 1. The van der Waals surface area contributed by atoms with Gasteiger partial charge in [-0.25, -0.2) is 4.79 Å². The van der Waals surface area contributed by atoms with Gasteiger partial charge in [-0.1, -0.05) is 6.42 Å². The van der Waals surface area contributed by atoms with Crippen molar-refractivity contribution in [2.24, 2.45) is 0 Å². The van der Waals surface area contributed by atoms with Gasteiger partial charge in [0.1, 0.15) is 6.10 Å². The lowest BCUT2D eigenvalue weighted by atomic mass is 9.99. The number of hydrogen-bond donors (Lipinski definition) is 2. The average molecular weight is 282 g/mol. The summed E-state index contributed by atoms with van der Waals surface area (Å²) >= 11 is 0. The smallest absolute Gasteiger partial charge is 0.332 e. The van der Waals surface area contributed by atoms with Crippen LogP contribution < -0.4 is 5.32 Å². The highest BCUT2D eigenvalue weighted by molar-refractivity contribution is 5.83. The largest absolute Gasteiger partial charge is 0.479 e. The third kappa shape index (κ3) is 2.67. The van der Waals surface area contributed by atoms with Gasteiger partial charge in [0.2, 0.25) is 5.91 Å². The molecule has 6 nitrogen and oxygen atoms in total. The summed E-state index contributed by atoms with van der Waals surface area (Å²) in [5.41, 5.74) is 0. The molecule has 0 saturated carbocycles. The first-order valence-corrected chi connectivity index (χ1v) is 7.58. The first-order valence-electron chi connectivity index (χ1n) is 7.58. The lowest BCUT2D eigenvalue weighted by Gasteiger charge is -2.32. The summed E-state index contributed by atoms with van der Waals surface area (Å²) in [5.74, 6) is -1.11. The molecule has 20 heavy (non-hydrogen) atoms. The lowest BCUT2D eigenvalue weighted by molar-refractivity contribution is -0.152. The quantitative estimate of drug-likeness (QED) is 0.781. The molecule has 3 fully saturated rings. The number of carbonyl (C=O) groups is 2. The van der Waals surface area contributed by atoms with Crippen LogP contribution in [0.25, 0.3) is 0 Å². The van der Waals surface area contributed by atoms with Crippen LogP contribution in [0.2, 0.25) is 0 Å². The number of piperidine rings is 1. The van der Waals surface area contributed by atoms with Crippen molar-refractivity contribution in [3.8, 4) is 0 Å². The average Bonchev–Trinajstić information content (AvgIpc) is 3.06. The van der Waals surface area contributed by atoms with E-state index in [0.29, 0.717) is 18.9 Å². The van der Waals surface area contributed by atoms with Crippen LogP contribution in [0.1, 0.15) is 38.5 Å². The lowest BCUT2D eigenvalue weighted by Crippen LogP contribution is -2.49. The molecule has 0 aromatic heterocycles. The molecule has 3 rings (SSSR count). The highest BCUT2D eigenvalue weighted by Gasteiger charge is 2.39. The molecule has 3 aliphatic rings. The molecule has 3 aliphatic heterocycles. The van der Waals surface area contributed by atoms with Crippen LogP contribution in [-0.4, -0.2) is 59.3 Å². The van der Waals surface area contributed by atoms with Gasteiger partial charge < -0.3 is 15.2 Å². The van der Waals surface area contributed by atoms with E-state index in [0.717, 1.165) is 25.9 Å². The highest BCUT2D eigenvalue weighted by Crippen LogP contribution is 2.28. The summed E-state index contributed by atoms with van der Waals surface area (Å²) < 4.78 is 5.31. The molecule has 0 aromatic carbocycles. The van der Waals surface area contributed by atoms with Crippen LogP contribution in [0, 0.1) is 0 Å². The molecule has 0 aliphatic carbocycles. The summed E-state index contributed by atoms with van der Waals surface area (Å²) in [7, 11) is 0. The topological polar surface area (TPSA) is 78.9 Å². The maximum atomic E-state index is 12.2. The predicted octanol–water partition coefficient (Wildman–Crippen LogP) is 0.362. The van der Waals surface area contributed by atoms with Gasteiger partial charge in [0.25, 0.3) is 0 Å². The fourth-order valence-electron chi connectivity index (χ4n) is 3.70. The molecule has 1 amide bonds. The van der Waals surface area contributed by atoms with Crippen molar-refractivity contribution in [3.05, 3.63) is 0 Å². The number of carboxylic acids is 1. The van der Waals surface area contributed by atoms with Crippen LogP contribution >= 0.6 is 0 Å². The Labute approximate surface area is 118 Å². The zero-order chi connectivity index (χ0) is 14.1. The van der Waals surface area contributed by atoms with E-state index in [9.17, 15) is 9.59 Å². The number of ether oxygens (including phenoxy) is 1. The molecule has 0 bridgehead atoms. The SMILES string of the molecule is O=C(O)C1CCC(C(=O)NC2CCN3CCCCC23)O1. The summed E-state index contributed by atoms with van der Waals surface area (Å²) in [6, 6.07) is 0.666. The van der Waals surface area contributed by atoms with Gasteiger partial charge in [0.05, 0.1) is 0 Å². The molecule has 3 saturated heterocycles. The van der Waals surface area contributed by atoms with Crippen LogP contribution in [0.4, 0.5) is 0 Å². The number of aliphatic carboxylic acids is 1. The fourth-order valence-corrected chi connectivity index (χ4v) is 3.70. The zero-order valence-corrected chi connectivity index (χ0v) is 11.6. The number of rotatable bonds is 3. The Morgan fingerprint density at radius 2 is 1.85 bits per heavy atom. The Morgan fingerprint density at radius 3 is 2.60 bits per heavy atom. The van der Waals surface area contributed by atoms with E-state index in [1.807, 2.05) is 0 Å². The van der Waals surface area contributed by atoms with E-state index >= 15 is 0 Å². The maximum Gasteiger partial charge on any atom is 0.332 e. The Bertz CT molecular complexity index is 401. The Balaban J connectivity index is 1.53. The third-order valence-electron chi connectivity index (χ3n) is 4.77. The molecular formula is C14H22N2O4. The summed E-state index contributed by atoms with van der Waals surface area (Å²) in [5, 5.41) is 12.0. The fraction of sp³-hybridized carbons (Fsp3) is 0.857. The van der Waals surface area contributed by atoms with E-state index in [4.69, 9.17) is 9.84 Å². The molecule has 0 aromatic rings. The van der Waals surface area contributed by atoms with Crippen LogP contribution in [0.3, 0.4) is 0 Å². The van der Waals surface area contributed by atoms with Crippen LogP contribution in [0.15, 0.2) is 0 Å². The molecule has 2 N–H and O–H groups in total. The van der Waals surface area contributed by atoms with Gasteiger partial charge in [-0.15, -0.1) is 0 Å². The van der Waals surface area contributed by atoms with E-state index < -0.39 is 18.2 Å². The predicted molar refractivity (Wildman–Crippen MR) is 71.3 cm³/mol. The normalized spacial score (nSPS) is 37.6. The van der Waals surface area contributed by atoms with E-state index in [2.05, 4.69) is 10.2 Å². The van der Waals surface area contributed by atoms with Crippen LogP contribution in [0.5, 0.6) is 0 Å². The standard InChI is InChI=1S/C14H22N2O4/c17-13(11-4-5-12(20-11)14(18)19)15-9-6-8-16-7-2-1-3-10(9)16/h9-12H,1-8H2,(H,15,17)(H,18,19). The van der Waals surface area contributed by atoms with Crippen molar-refractivity contribution < 1.29 is 19.4 Å². The third-order valence-corrected chi connectivity index (χ3v) is 4.77. The van der Waals surface area contributed by atoms with E-state index in [1.54, 1.807) is 0 Å². The number of carboxylic acid groups (broad SMARTS) is 1. The summed E-state index contributed by atoms with van der Waals surface area (Å²) in [4.78, 5) is 25.5. The van der Waals surface area contributed by atoms with Gasteiger partial charge in [-0.05, 0) is 38.6 Å². The summed E-state index contributed by atoms with van der Waals surface area (Å²) in [6.07, 6.45) is 4.14. The molecule has 4 unspecified atom stereocenters. The summed E-state index contributed by atoms with van der Waals surface area (Å²) in [6.45, 7) is 2.19. The number of hydrogen-bond acceptors (Lipinski definition) is 4. The number of fused-ring (bicyclic) bond motifs is 1. The molecule has 4 atom stereocenters. The molecular weight excluding hydrogens is 260 g/mol. The van der Waals surface area contributed by atoms with Gasteiger partial charge in [-0.3, -0.25) is 9.69 Å². The van der Waals surface area contributed by atoms with Gasteiger partial charge in [0.15, 0.2) is 6.10 Å². The molecule has 112 valence electrons. The van der Waals surface area contributed by atoms with E-state index in [1.165, 1.54) is 12.8 Å². The molecule has 0 spiro atoms. The van der Waals surface area contributed by atoms with Gasteiger partial charge in [-0.2, -0.15) is 0 Å². The van der Waals surface area contributed by atoms with Gasteiger partial charge in [0, 0.05) is 18.6 Å². The maximum absolute atomic E-state index is 12.2. The monoisotopic (exact) mass is 282 g/mol. The first-order chi connectivity index (χ1) is 9.65. The Morgan fingerprint density at radius 1 is 1.05 bits per heavy atom. The number of carbonyl (C=O) groups excluding carboxylic acids is 1. The first kappa shape index (κ1) is 13.8. The van der Waals surface area contributed by atoms with Crippen molar-refractivity contribution >= 4 is 11.9 Å². The minimum Gasteiger partial charge on any atom is -0.479 e. The second-order valence-electron chi connectivity index (χ2n) is 6.03. The molecule has 0 radical (unpaired) electrons. The van der Waals surface area contributed by atoms with Gasteiger partial charge >= 0.3 is 5.97 Å². The Kier molecular flexibility index (Phi) is 3.94. The van der Waals surface area contributed by atoms with Crippen molar-refractivity contribution in [3.63, 3.8) is 0 Å². The zero-order valence-electron chi connectivity index (χ0n) is 11.6. The molecule has 6 heteroatoms. The van der Waals surface area contributed by atoms with E-state index in [-0.39, 0.29) is 11.9 Å². The highest BCUT2D eigenvalue weighted by atomic mass is 16.5. The molecule has 3 heterocycles. The number of amides is 1. The van der Waals surface area contributed by atoms with Crippen molar-refractivity contribution in [2.75, 3.05) is 13.1 Å². The Hall–Kier alpha value is -1.14. The van der Waals surface area contributed by atoms with Crippen molar-refractivity contribution in [2.45, 2.75) is 62.8 Å². The second-order valence-corrected chi connectivity index (χ2v) is 6.03. The van der Waals surface area contributed by atoms with Crippen molar-refractivity contribution in [1.82, 2.24) is 10.2 Å². The second kappa shape index (κ2) is 5.69. The minimum atomic E-state index is -0.973. The minimum absolute atomic E-state index is 0.133. The number of nitrogens with zero attached hydrogens (tertiary/aromatic N) is 1. The van der Waals surface area contributed by atoms with Crippen LogP contribution in [-0.2, 0) is 14.3 Å².